The summed E-state index contributed by atoms with van der Waals surface area (Å²) in [5.41, 5.74) is 0.828. The Hall–Kier alpha value is -3.87. The molecule has 182 valence electrons. The van der Waals surface area contributed by atoms with E-state index in [4.69, 9.17) is 4.74 Å². The molecule has 4 rings (SSSR count). The van der Waals surface area contributed by atoms with Crippen LogP contribution in [-0.4, -0.2) is 41.5 Å². The van der Waals surface area contributed by atoms with Crippen molar-refractivity contribution in [2.75, 3.05) is 23.7 Å². The van der Waals surface area contributed by atoms with Crippen molar-refractivity contribution < 1.29 is 19.1 Å². The van der Waals surface area contributed by atoms with Gasteiger partial charge in [0.2, 0.25) is 5.91 Å². The molecule has 1 atom stereocenters. The highest BCUT2D eigenvalue weighted by Crippen LogP contribution is 2.28. The molecule has 7 nitrogen and oxygen atoms in total. The van der Waals surface area contributed by atoms with Gasteiger partial charge in [-0.3, -0.25) is 14.9 Å². The Bertz CT molecular complexity index is 1230. The fourth-order valence-electron chi connectivity index (χ4n) is 4.25. The highest BCUT2D eigenvalue weighted by atomic mass is 16.6. The van der Waals surface area contributed by atoms with E-state index in [-0.39, 0.29) is 17.7 Å². The van der Waals surface area contributed by atoms with Gasteiger partial charge in [0, 0.05) is 18.8 Å². The number of likely N-dealkylation sites (tertiary alicyclic amines) is 1. The maximum absolute atomic E-state index is 13.7. The van der Waals surface area contributed by atoms with E-state index in [0.29, 0.717) is 30.8 Å². The maximum Gasteiger partial charge on any atom is 0.412 e. The number of anilines is 2. The smallest absolute Gasteiger partial charge is 0.412 e. The second-order valence-electron chi connectivity index (χ2n) is 9.82. The monoisotopic (exact) mass is 473 g/mol. The Morgan fingerprint density at radius 3 is 2.26 bits per heavy atom. The number of ether oxygens (including phenoxy) is 1. The van der Waals surface area contributed by atoms with Crippen molar-refractivity contribution >= 4 is 40.1 Å². The van der Waals surface area contributed by atoms with E-state index < -0.39 is 11.7 Å². The molecule has 0 saturated carbocycles. The molecule has 0 spiro atoms. The summed E-state index contributed by atoms with van der Waals surface area (Å²) in [6.07, 6.45) is 0.810. The molecule has 0 bridgehead atoms. The minimum absolute atomic E-state index is 0.0979. The van der Waals surface area contributed by atoms with Crippen molar-refractivity contribution in [2.24, 2.45) is 5.92 Å². The molecule has 1 aliphatic rings. The minimum atomic E-state index is -0.669. The summed E-state index contributed by atoms with van der Waals surface area (Å²) in [4.78, 5) is 40.7. The van der Waals surface area contributed by atoms with Gasteiger partial charge in [-0.2, -0.15) is 0 Å². The molecule has 1 unspecified atom stereocenters. The van der Waals surface area contributed by atoms with Crippen LogP contribution in [0.2, 0.25) is 0 Å². The molecule has 1 saturated heterocycles. The molecule has 1 fully saturated rings. The predicted molar refractivity (Wildman–Crippen MR) is 138 cm³/mol. The van der Waals surface area contributed by atoms with Crippen molar-refractivity contribution in [3.05, 3.63) is 72.3 Å². The fraction of sp³-hybridized carbons (Fsp3) is 0.321. The lowest BCUT2D eigenvalue weighted by atomic mass is 9.95. The van der Waals surface area contributed by atoms with Gasteiger partial charge in [0.1, 0.15) is 5.60 Å². The summed E-state index contributed by atoms with van der Waals surface area (Å²) in [6, 6.07) is 20.5. The summed E-state index contributed by atoms with van der Waals surface area (Å²) < 4.78 is 5.41. The number of carbonyl (C=O) groups excluding carboxylic acids is 3. The number of hydrogen-bond donors (Lipinski definition) is 2. The summed E-state index contributed by atoms with van der Waals surface area (Å²) >= 11 is 0. The van der Waals surface area contributed by atoms with Gasteiger partial charge in [-0.1, -0.05) is 42.5 Å². The molecule has 0 radical (unpaired) electrons. The van der Waals surface area contributed by atoms with Gasteiger partial charge in [-0.05, 0) is 68.7 Å². The summed E-state index contributed by atoms with van der Waals surface area (Å²) in [5, 5.41) is 7.49. The molecule has 0 aromatic heterocycles. The van der Waals surface area contributed by atoms with Crippen molar-refractivity contribution in [1.29, 1.82) is 0 Å². The highest BCUT2D eigenvalue weighted by molar-refractivity contribution is 6.07. The number of hydrogen-bond acceptors (Lipinski definition) is 4. The zero-order valence-electron chi connectivity index (χ0n) is 20.3. The topological polar surface area (TPSA) is 87.7 Å². The fourth-order valence-corrected chi connectivity index (χ4v) is 4.25. The number of rotatable bonds is 4. The minimum Gasteiger partial charge on any atom is -0.444 e. The molecule has 2 N–H and O–H groups in total. The van der Waals surface area contributed by atoms with Crippen molar-refractivity contribution in [3.63, 3.8) is 0 Å². The molecular formula is C28H31N3O4. The van der Waals surface area contributed by atoms with Crippen LogP contribution in [0.25, 0.3) is 10.8 Å². The largest absolute Gasteiger partial charge is 0.444 e. The highest BCUT2D eigenvalue weighted by Gasteiger charge is 2.30. The zero-order valence-corrected chi connectivity index (χ0v) is 20.3. The Kier molecular flexibility index (Phi) is 7.05. The number of nitrogens with zero attached hydrogens (tertiary/aromatic N) is 1. The van der Waals surface area contributed by atoms with Crippen LogP contribution in [0.3, 0.4) is 0 Å². The van der Waals surface area contributed by atoms with Crippen LogP contribution in [-0.2, 0) is 9.53 Å². The molecule has 35 heavy (non-hydrogen) atoms. The summed E-state index contributed by atoms with van der Waals surface area (Å²) in [7, 11) is 0. The van der Waals surface area contributed by atoms with Gasteiger partial charge in [0.05, 0.1) is 17.2 Å². The standard InChI is InChI=1S/C28H31N3O4/c1-28(2,3)35-27(34)30-24-17-20-11-8-7-10-19(20)16-23(24)26(33)31-15-9-12-21(18-31)25(32)29-22-13-5-4-6-14-22/h4-8,10-11,13-14,16-17,21H,9,12,15,18H2,1-3H3,(H,29,32)(H,30,34). The van der Waals surface area contributed by atoms with Crippen LogP contribution in [0.5, 0.6) is 0 Å². The number of piperidine rings is 1. The third-order valence-electron chi connectivity index (χ3n) is 5.87. The Labute approximate surface area is 205 Å². The normalized spacial score (nSPS) is 16.0. The Morgan fingerprint density at radius 1 is 0.914 bits per heavy atom. The van der Waals surface area contributed by atoms with E-state index in [1.54, 1.807) is 37.8 Å². The van der Waals surface area contributed by atoms with Gasteiger partial charge in [0.15, 0.2) is 0 Å². The molecule has 1 aliphatic heterocycles. The first-order valence-electron chi connectivity index (χ1n) is 11.9. The van der Waals surface area contributed by atoms with Crippen LogP contribution >= 0.6 is 0 Å². The number of fused-ring (bicyclic) bond motifs is 1. The molecule has 3 aromatic rings. The van der Waals surface area contributed by atoms with Crippen LogP contribution < -0.4 is 10.6 Å². The number of carbonyl (C=O) groups is 3. The molecule has 1 heterocycles. The molecule has 7 heteroatoms. The average molecular weight is 474 g/mol. The van der Waals surface area contributed by atoms with Crippen molar-refractivity contribution in [2.45, 2.75) is 39.2 Å². The molecular weight excluding hydrogens is 442 g/mol. The Balaban J connectivity index is 1.56. The van der Waals surface area contributed by atoms with Crippen LogP contribution in [0, 0.1) is 5.92 Å². The first-order chi connectivity index (χ1) is 16.7. The zero-order chi connectivity index (χ0) is 25.0. The Morgan fingerprint density at radius 2 is 1.57 bits per heavy atom. The number of benzene rings is 3. The number of amides is 3. The maximum atomic E-state index is 13.7. The van der Waals surface area contributed by atoms with E-state index in [1.165, 1.54) is 0 Å². The quantitative estimate of drug-likeness (QED) is 0.510. The van der Waals surface area contributed by atoms with Crippen molar-refractivity contribution in [1.82, 2.24) is 4.90 Å². The number of para-hydroxylation sites is 1. The summed E-state index contributed by atoms with van der Waals surface area (Å²) in [6.45, 7) is 6.22. The van der Waals surface area contributed by atoms with Crippen LogP contribution in [0.15, 0.2) is 66.7 Å². The van der Waals surface area contributed by atoms with E-state index in [1.807, 2.05) is 54.6 Å². The molecule has 3 amide bonds. The van der Waals surface area contributed by atoms with E-state index in [2.05, 4.69) is 10.6 Å². The van der Waals surface area contributed by atoms with Gasteiger partial charge < -0.3 is 15.0 Å². The van der Waals surface area contributed by atoms with E-state index in [0.717, 1.165) is 22.9 Å². The third kappa shape index (κ3) is 6.18. The average Bonchev–Trinajstić information content (AvgIpc) is 2.82. The molecule has 0 aliphatic carbocycles. The second kappa shape index (κ2) is 10.2. The van der Waals surface area contributed by atoms with E-state index >= 15 is 0 Å². The van der Waals surface area contributed by atoms with Crippen LogP contribution in [0.4, 0.5) is 16.2 Å². The first kappa shape index (κ1) is 24.3. The first-order valence-corrected chi connectivity index (χ1v) is 11.9. The summed E-state index contributed by atoms with van der Waals surface area (Å²) in [5.74, 6) is -0.631. The SMILES string of the molecule is CC(C)(C)OC(=O)Nc1cc2ccccc2cc1C(=O)N1CCCC(C(=O)Nc2ccccc2)C1. The van der Waals surface area contributed by atoms with Crippen LogP contribution in [0.1, 0.15) is 44.0 Å². The lowest BCUT2D eigenvalue weighted by Crippen LogP contribution is -2.44. The van der Waals surface area contributed by atoms with Gasteiger partial charge in [-0.15, -0.1) is 0 Å². The third-order valence-corrected chi connectivity index (χ3v) is 5.87. The lowest BCUT2D eigenvalue weighted by Gasteiger charge is -2.32. The predicted octanol–water partition coefficient (Wildman–Crippen LogP) is 5.68. The van der Waals surface area contributed by atoms with Gasteiger partial charge in [0.25, 0.3) is 5.91 Å². The van der Waals surface area contributed by atoms with E-state index in [9.17, 15) is 14.4 Å². The number of nitrogens with one attached hydrogen (secondary N) is 2. The van der Waals surface area contributed by atoms with Crippen molar-refractivity contribution in [3.8, 4) is 0 Å². The van der Waals surface area contributed by atoms with Gasteiger partial charge in [-0.25, -0.2) is 4.79 Å². The molecule has 3 aromatic carbocycles. The van der Waals surface area contributed by atoms with Gasteiger partial charge >= 0.3 is 6.09 Å². The second-order valence-corrected chi connectivity index (χ2v) is 9.82. The lowest BCUT2D eigenvalue weighted by molar-refractivity contribution is -0.121.